The van der Waals surface area contributed by atoms with E-state index in [1.807, 2.05) is 17.8 Å². The monoisotopic (exact) mass is 221 g/mol. The van der Waals surface area contributed by atoms with E-state index in [1.54, 1.807) is 7.11 Å². The zero-order chi connectivity index (χ0) is 10.7. The van der Waals surface area contributed by atoms with Gasteiger partial charge < -0.3 is 9.30 Å². The van der Waals surface area contributed by atoms with Crippen LogP contribution in [0.1, 0.15) is 0 Å². The molecule has 0 saturated heterocycles. The maximum absolute atomic E-state index is 5.20. The van der Waals surface area contributed by atoms with Gasteiger partial charge in [-0.25, -0.2) is 0 Å². The van der Waals surface area contributed by atoms with E-state index in [2.05, 4.69) is 35.2 Å². The van der Waals surface area contributed by atoms with E-state index in [0.717, 1.165) is 18.0 Å². The second kappa shape index (κ2) is 4.62. The minimum Gasteiger partial charge on any atom is -0.497 e. The van der Waals surface area contributed by atoms with Crippen molar-refractivity contribution >= 4 is 22.7 Å². The summed E-state index contributed by atoms with van der Waals surface area (Å²) in [5.74, 6) is 2.07. The summed E-state index contributed by atoms with van der Waals surface area (Å²) in [6.45, 7) is 1.07. The zero-order valence-corrected chi connectivity index (χ0v) is 9.88. The fraction of sp³-hybridized carbons (Fsp3) is 0.333. The minimum atomic E-state index is 0.921. The molecule has 1 aromatic heterocycles. The highest BCUT2D eigenvalue weighted by Gasteiger charge is 2.01. The largest absolute Gasteiger partial charge is 0.497 e. The number of aryl methyl sites for hydroxylation is 1. The van der Waals surface area contributed by atoms with Crippen molar-refractivity contribution in [1.29, 1.82) is 0 Å². The molecule has 0 fully saturated rings. The Morgan fingerprint density at radius 1 is 1.33 bits per heavy atom. The van der Waals surface area contributed by atoms with Crippen LogP contribution in [-0.4, -0.2) is 23.7 Å². The summed E-state index contributed by atoms with van der Waals surface area (Å²) >= 11 is 1.87. The van der Waals surface area contributed by atoms with E-state index in [-0.39, 0.29) is 0 Å². The van der Waals surface area contributed by atoms with Crippen molar-refractivity contribution in [3.8, 4) is 5.75 Å². The molecule has 1 heterocycles. The lowest BCUT2D eigenvalue weighted by Gasteiger charge is -2.04. The molecule has 0 N–H and O–H groups in total. The first-order valence-corrected chi connectivity index (χ1v) is 6.36. The number of hydrogen-bond donors (Lipinski definition) is 0. The Morgan fingerprint density at radius 2 is 2.20 bits per heavy atom. The van der Waals surface area contributed by atoms with Crippen LogP contribution < -0.4 is 4.74 Å². The van der Waals surface area contributed by atoms with Gasteiger partial charge in [-0.3, -0.25) is 0 Å². The molecule has 15 heavy (non-hydrogen) atoms. The molecule has 2 aromatic rings. The molecule has 0 aliphatic rings. The first-order chi connectivity index (χ1) is 7.35. The van der Waals surface area contributed by atoms with Crippen LogP contribution >= 0.6 is 11.8 Å². The molecule has 0 aliphatic carbocycles. The van der Waals surface area contributed by atoms with Gasteiger partial charge in [-0.2, -0.15) is 11.8 Å². The fourth-order valence-corrected chi connectivity index (χ4v) is 2.07. The Bertz CT molecular complexity index is 450. The lowest BCUT2D eigenvalue weighted by molar-refractivity contribution is 0.415. The molecule has 0 saturated carbocycles. The van der Waals surface area contributed by atoms with Gasteiger partial charge >= 0.3 is 0 Å². The molecule has 3 heteroatoms. The molecule has 1 aromatic carbocycles. The maximum Gasteiger partial charge on any atom is 0.119 e. The molecule has 2 rings (SSSR count). The highest BCUT2D eigenvalue weighted by molar-refractivity contribution is 7.98. The van der Waals surface area contributed by atoms with Gasteiger partial charge in [-0.05, 0) is 30.5 Å². The Balaban J connectivity index is 2.34. The molecule has 0 atom stereocenters. The second-order valence-electron chi connectivity index (χ2n) is 3.43. The van der Waals surface area contributed by atoms with Gasteiger partial charge in [0.1, 0.15) is 5.75 Å². The van der Waals surface area contributed by atoms with Gasteiger partial charge in [0.2, 0.25) is 0 Å². The lowest BCUT2D eigenvalue weighted by atomic mass is 10.2. The lowest BCUT2D eigenvalue weighted by Crippen LogP contribution is -1.97. The average molecular weight is 221 g/mol. The van der Waals surface area contributed by atoms with Crippen LogP contribution in [0.4, 0.5) is 0 Å². The topological polar surface area (TPSA) is 14.2 Å². The molecule has 0 aliphatic heterocycles. The molecule has 0 unspecified atom stereocenters. The normalized spacial score (nSPS) is 10.8. The average Bonchev–Trinajstić information content (AvgIpc) is 2.68. The third-order valence-electron chi connectivity index (χ3n) is 2.51. The molecule has 2 nitrogen and oxygen atoms in total. The predicted molar refractivity (Wildman–Crippen MR) is 66.9 cm³/mol. The highest BCUT2D eigenvalue weighted by atomic mass is 32.2. The SMILES string of the molecule is COc1ccc2c(ccn2CCSC)c1. The molecule has 0 bridgehead atoms. The molecular weight excluding hydrogens is 206 g/mol. The number of ether oxygens (including phenoxy) is 1. The van der Waals surface area contributed by atoms with Crippen LogP contribution in [0.2, 0.25) is 0 Å². The highest BCUT2D eigenvalue weighted by Crippen LogP contribution is 2.21. The Labute approximate surface area is 94.2 Å². The molecule has 0 spiro atoms. The van der Waals surface area contributed by atoms with Gasteiger partial charge in [0.05, 0.1) is 7.11 Å². The van der Waals surface area contributed by atoms with E-state index in [4.69, 9.17) is 4.74 Å². The van der Waals surface area contributed by atoms with Crippen LogP contribution in [0, 0.1) is 0 Å². The van der Waals surface area contributed by atoms with E-state index in [0.29, 0.717) is 0 Å². The summed E-state index contributed by atoms with van der Waals surface area (Å²) in [4.78, 5) is 0. The predicted octanol–water partition coefficient (Wildman–Crippen LogP) is 3.01. The van der Waals surface area contributed by atoms with Gasteiger partial charge in [0.25, 0.3) is 0 Å². The third-order valence-corrected chi connectivity index (χ3v) is 3.11. The number of methoxy groups -OCH3 is 1. The fourth-order valence-electron chi connectivity index (χ4n) is 1.69. The third kappa shape index (κ3) is 2.12. The minimum absolute atomic E-state index is 0.921. The Kier molecular flexibility index (Phi) is 3.21. The van der Waals surface area contributed by atoms with E-state index < -0.39 is 0 Å². The molecular formula is C12H15NOS. The van der Waals surface area contributed by atoms with Crippen molar-refractivity contribution in [3.63, 3.8) is 0 Å². The molecule has 80 valence electrons. The van der Waals surface area contributed by atoms with Crippen molar-refractivity contribution in [3.05, 3.63) is 30.5 Å². The van der Waals surface area contributed by atoms with Crippen molar-refractivity contribution in [2.45, 2.75) is 6.54 Å². The van der Waals surface area contributed by atoms with Gasteiger partial charge in [-0.1, -0.05) is 0 Å². The number of hydrogen-bond acceptors (Lipinski definition) is 2. The number of rotatable bonds is 4. The second-order valence-corrected chi connectivity index (χ2v) is 4.41. The Morgan fingerprint density at radius 3 is 2.93 bits per heavy atom. The van der Waals surface area contributed by atoms with E-state index in [9.17, 15) is 0 Å². The van der Waals surface area contributed by atoms with Crippen molar-refractivity contribution in [1.82, 2.24) is 4.57 Å². The Hall–Kier alpha value is -1.09. The van der Waals surface area contributed by atoms with Crippen LogP contribution in [0.5, 0.6) is 5.75 Å². The van der Waals surface area contributed by atoms with Crippen LogP contribution in [0.3, 0.4) is 0 Å². The zero-order valence-electron chi connectivity index (χ0n) is 9.06. The number of benzene rings is 1. The molecule has 0 radical (unpaired) electrons. The number of thioether (sulfide) groups is 1. The quantitative estimate of drug-likeness (QED) is 0.788. The number of nitrogens with zero attached hydrogens (tertiary/aromatic N) is 1. The van der Waals surface area contributed by atoms with Gasteiger partial charge in [-0.15, -0.1) is 0 Å². The van der Waals surface area contributed by atoms with E-state index >= 15 is 0 Å². The van der Waals surface area contributed by atoms with Crippen LogP contribution in [0.15, 0.2) is 30.5 Å². The van der Waals surface area contributed by atoms with Crippen LogP contribution in [-0.2, 0) is 6.54 Å². The van der Waals surface area contributed by atoms with Gasteiger partial charge in [0.15, 0.2) is 0 Å². The van der Waals surface area contributed by atoms with Crippen molar-refractivity contribution in [2.75, 3.05) is 19.1 Å². The first-order valence-electron chi connectivity index (χ1n) is 4.97. The smallest absolute Gasteiger partial charge is 0.119 e. The first kappa shape index (κ1) is 10.4. The molecule has 0 amide bonds. The van der Waals surface area contributed by atoms with Crippen molar-refractivity contribution < 1.29 is 4.74 Å². The summed E-state index contributed by atoms with van der Waals surface area (Å²) < 4.78 is 7.48. The summed E-state index contributed by atoms with van der Waals surface area (Å²) in [7, 11) is 1.70. The standard InChI is InChI=1S/C12H15NOS/c1-14-11-3-4-12-10(9-11)5-6-13(12)7-8-15-2/h3-6,9H,7-8H2,1-2H3. The van der Waals surface area contributed by atoms with Crippen molar-refractivity contribution in [2.24, 2.45) is 0 Å². The number of fused-ring (bicyclic) bond motifs is 1. The van der Waals surface area contributed by atoms with Gasteiger partial charge in [0, 0.05) is 29.4 Å². The maximum atomic E-state index is 5.20. The summed E-state index contributed by atoms with van der Waals surface area (Å²) in [5.41, 5.74) is 1.28. The summed E-state index contributed by atoms with van der Waals surface area (Å²) in [6, 6.07) is 8.34. The summed E-state index contributed by atoms with van der Waals surface area (Å²) in [5, 5.41) is 1.25. The number of aromatic nitrogens is 1. The van der Waals surface area contributed by atoms with E-state index in [1.165, 1.54) is 10.9 Å². The summed E-state index contributed by atoms with van der Waals surface area (Å²) in [6.07, 6.45) is 4.27. The van der Waals surface area contributed by atoms with Crippen LogP contribution in [0.25, 0.3) is 10.9 Å².